The van der Waals surface area contributed by atoms with Crippen LogP contribution in [0.15, 0.2) is 152 Å². The highest BCUT2D eigenvalue weighted by Gasteiger charge is 2.46. The lowest BCUT2D eigenvalue weighted by molar-refractivity contribution is -0.217. The fraction of sp³-hybridized carbons (Fsp3) is 0.381. The van der Waals surface area contributed by atoms with Gasteiger partial charge in [-0.1, -0.05) is 198 Å². The maximum atomic E-state index is 13.6. The number of amides is 1. The van der Waals surface area contributed by atoms with E-state index in [-0.39, 0.29) is 24.5 Å². The molecule has 1 fully saturated rings. The maximum Gasteiger partial charge on any atom is 0.408 e. The summed E-state index contributed by atoms with van der Waals surface area (Å²) in [6.07, 6.45) is -2.94. The van der Waals surface area contributed by atoms with Crippen LogP contribution in [0.1, 0.15) is 101 Å². The molecule has 1 heterocycles. The molecular weight excluding hydrogens is 897 g/mol. The smallest absolute Gasteiger partial charge is 0.408 e. The summed E-state index contributed by atoms with van der Waals surface area (Å²) in [7, 11) is 0. The molecule has 0 unspecified atom stereocenters. The zero-order valence-electron chi connectivity index (χ0n) is 43.7. The van der Waals surface area contributed by atoms with Gasteiger partial charge in [-0.05, 0) is 83.5 Å². The van der Waals surface area contributed by atoms with Crippen LogP contribution in [0.4, 0.5) is 4.79 Å². The SMILES string of the molecule is Cc1c(-c2ccccc2)c(OCC[C@H](C#C[C@@H]2O[C@H](COCc3ccccc3)[C@@H](OCc3ccccc3)[C@H](OCc3ccccc3)[C@H]2N)NC(=O)OC(C)(C)C)c(C(C)C)c(C(C)(C)C)c1-c1ccccc1. The van der Waals surface area contributed by atoms with Gasteiger partial charge in [-0.2, -0.15) is 0 Å². The Hall–Kier alpha value is -6.25. The van der Waals surface area contributed by atoms with Gasteiger partial charge in [0.15, 0.2) is 0 Å². The molecule has 72 heavy (non-hydrogen) atoms. The van der Waals surface area contributed by atoms with E-state index in [0.717, 1.165) is 50.3 Å². The lowest BCUT2D eigenvalue weighted by atomic mass is 9.72. The van der Waals surface area contributed by atoms with E-state index in [4.69, 9.17) is 34.2 Å². The second kappa shape index (κ2) is 24.9. The molecule has 1 aliphatic heterocycles. The summed E-state index contributed by atoms with van der Waals surface area (Å²) in [5.41, 5.74) is 17.3. The van der Waals surface area contributed by atoms with Crippen LogP contribution in [-0.4, -0.2) is 61.4 Å². The second-order valence-electron chi connectivity index (χ2n) is 20.9. The van der Waals surface area contributed by atoms with Crippen molar-refractivity contribution in [2.24, 2.45) is 5.73 Å². The minimum absolute atomic E-state index is 0.113. The van der Waals surface area contributed by atoms with Crippen molar-refractivity contribution in [3.8, 4) is 39.8 Å². The van der Waals surface area contributed by atoms with Crippen molar-refractivity contribution in [3.63, 3.8) is 0 Å². The first-order chi connectivity index (χ1) is 34.6. The molecule has 0 bridgehead atoms. The van der Waals surface area contributed by atoms with Crippen LogP contribution in [0.3, 0.4) is 0 Å². The molecule has 3 N–H and O–H groups in total. The van der Waals surface area contributed by atoms with Gasteiger partial charge in [0.2, 0.25) is 0 Å². The number of rotatable bonds is 18. The highest BCUT2D eigenvalue weighted by molar-refractivity contribution is 5.87. The van der Waals surface area contributed by atoms with E-state index in [2.05, 4.69) is 113 Å². The maximum absolute atomic E-state index is 13.6. The summed E-state index contributed by atoms with van der Waals surface area (Å²) in [5.74, 6) is 7.68. The molecule has 9 heteroatoms. The van der Waals surface area contributed by atoms with Gasteiger partial charge in [-0.15, -0.1) is 0 Å². The summed E-state index contributed by atoms with van der Waals surface area (Å²) in [5, 5.41) is 3.05. The van der Waals surface area contributed by atoms with Crippen molar-refractivity contribution < 1.29 is 33.2 Å². The molecule has 0 radical (unpaired) electrons. The molecule has 1 saturated heterocycles. The Morgan fingerprint density at radius 2 is 1.17 bits per heavy atom. The number of alkyl carbamates (subject to hydrolysis) is 1. The summed E-state index contributed by atoms with van der Waals surface area (Å²) in [6.45, 7) is 20.4. The van der Waals surface area contributed by atoms with Gasteiger partial charge in [0.25, 0.3) is 0 Å². The lowest BCUT2D eigenvalue weighted by Crippen LogP contribution is -2.63. The van der Waals surface area contributed by atoms with Crippen molar-refractivity contribution >= 4 is 6.09 Å². The third-order valence-corrected chi connectivity index (χ3v) is 12.6. The van der Waals surface area contributed by atoms with Crippen LogP contribution in [0.5, 0.6) is 5.75 Å². The molecule has 6 aromatic rings. The fourth-order valence-electron chi connectivity index (χ4n) is 9.39. The highest BCUT2D eigenvalue weighted by atomic mass is 16.6. The Morgan fingerprint density at radius 3 is 1.67 bits per heavy atom. The number of carbonyl (C=O) groups is 1. The molecule has 0 aliphatic carbocycles. The lowest BCUT2D eigenvalue weighted by Gasteiger charge is -2.43. The number of benzene rings is 6. The molecule has 9 nitrogen and oxygen atoms in total. The Bertz CT molecular complexity index is 2690. The number of hydrogen-bond donors (Lipinski definition) is 2. The molecule has 6 aromatic carbocycles. The fourth-order valence-corrected chi connectivity index (χ4v) is 9.39. The molecule has 0 spiro atoms. The molecule has 0 aromatic heterocycles. The summed E-state index contributed by atoms with van der Waals surface area (Å²) < 4.78 is 39.6. The third-order valence-electron chi connectivity index (χ3n) is 12.6. The normalized spacial score (nSPS) is 18.5. The third kappa shape index (κ3) is 14.5. The number of hydrogen-bond acceptors (Lipinski definition) is 8. The Morgan fingerprint density at radius 1 is 0.681 bits per heavy atom. The van der Waals surface area contributed by atoms with Crippen LogP contribution in [0.2, 0.25) is 0 Å². The number of nitrogens with two attached hydrogens (primary N) is 1. The van der Waals surface area contributed by atoms with E-state index in [9.17, 15) is 4.79 Å². The van der Waals surface area contributed by atoms with Gasteiger partial charge >= 0.3 is 6.09 Å². The van der Waals surface area contributed by atoms with Crippen molar-refractivity contribution in [2.75, 3.05) is 13.2 Å². The predicted molar refractivity (Wildman–Crippen MR) is 289 cm³/mol. The average molecular weight is 971 g/mol. The van der Waals surface area contributed by atoms with Gasteiger partial charge in [0.05, 0.1) is 45.1 Å². The Labute approximate surface area is 428 Å². The van der Waals surface area contributed by atoms with E-state index < -0.39 is 48.2 Å². The Kier molecular flexibility index (Phi) is 18.5. The molecule has 6 atom stereocenters. The van der Waals surface area contributed by atoms with Crippen molar-refractivity contribution in [2.45, 2.75) is 142 Å². The zero-order valence-corrected chi connectivity index (χ0v) is 43.7. The first-order valence-electron chi connectivity index (χ1n) is 25.4. The molecule has 0 saturated carbocycles. The number of ether oxygens (including phenoxy) is 6. The largest absolute Gasteiger partial charge is 0.493 e. The van der Waals surface area contributed by atoms with Crippen molar-refractivity contribution in [1.82, 2.24) is 5.32 Å². The van der Waals surface area contributed by atoms with E-state index in [1.54, 1.807) is 0 Å². The standard InChI is InChI=1S/C63H74N2O7/c1-43(2)53-56(62(4,5)6)54(48-31-21-13-22-32-48)44(3)55(49-33-23-14-24-34-49)59(53)68-38-37-50(65-61(66)72-63(7,8)9)35-36-51-57(64)60(70-41-47-29-19-12-20-30-47)58(69-40-46-27-17-11-18-28-46)52(71-51)42-67-39-45-25-15-10-16-26-45/h10-34,43,50-52,57-58,60H,37-42,64H2,1-9H3,(H,65,66)/t50-,51-,52+,57-,58+,60+/m0/s1. The van der Waals surface area contributed by atoms with Crippen molar-refractivity contribution in [1.29, 1.82) is 0 Å². The van der Waals surface area contributed by atoms with E-state index >= 15 is 0 Å². The van der Waals surface area contributed by atoms with Crippen LogP contribution >= 0.6 is 0 Å². The van der Waals surface area contributed by atoms with Gasteiger partial charge in [0, 0.05) is 17.5 Å². The average Bonchev–Trinajstić information content (AvgIpc) is 3.35. The van der Waals surface area contributed by atoms with E-state index in [0.29, 0.717) is 26.2 Å². The van der Waals surface area contributed by atoms with Crippen LogP contribution in [-0.2, 0) is 48.9 Å². The predicted octanol–water partition coefficient (Wildman–Crippen LogP) is 12.9. The molecule has 1 amide bonds. The van der Waals surface area contributed by atoms with E-state index in [1.165, 1.54) is 11.1 Å². The first kappa shape index (κ1) is 53.5. The summed E-state index contributed by atoms with van der Waals surface area (Å²) in [4.78, 5) is 13.6. The van der Waals surface area contributed by atoms with Crippen LogP contribution in [0, 0.1) is 18.8 Å². The minimum Gasteiger partial charge on any atom is -0.493 e. The Balaban J connectivity index is 1.24. The number of nitrogens with one attached hydrogen (secondary N) is 1. The number of carbonyl (C=O) groups excluding carboxylic acids is 1. The van der Waals surface area contributed by atoms with Gasteiger partial charge in [-0.3, -0.25) is 0 Å². The summed E-state index contributed by atoms with van der Waals surface area (Å²) >= 11 is 0. The zero-order chi connectivity index (χ0) is 51.3. The monoisotopic (exact) mass is 971 g/mol. The second-order valence-corrected chi connectivity index (χ2v) is 20.9. The molecule has 1 aliphatic rings. The highest BCUT2D eigenvalue weighted by Crippen LogP contribution is 2.50. The quantitative estimate of drug-likeness (QED) is 0.0820. The van der Waals surface area contributed by atoms with Gasteiger partial charge < -0.3 is 39.5 Å². The van der Waals surface area contributed by atoms with Crippen molar-refractivity contribution in [3.05, 3.63) is 185 Å². The minimum atomic E-state index is -0.823. The summed E-state index contributed by atoms with van der Waals surface area (Å²) in [6, 6.07) is 49.7. The van der Waals surface area contributed by atoms with Gasteiger partial charge in [-0.25, -0.2) is 4.79 Å². The van der Waals surface area contributed by atoms with E-state index in [1.807, 2.05) is 118 Å². The molecular formula is C63H74N2O7. The van der Waals surface area contributed by atoms with Gasteiger partial charge in [0.1, 0.15) is 35.8 Å². The molecule has 378 valence electrons. The topological polar surface area (TPSA) is 111 Å². The van der Waals surface area contributed by atoms with Crippen LogP contribution < -0.4 is 15.8 Å². The van der Waals surface area contributed by atoms with Crippen LogP contribution in [0.25, 0.3) is 22.3 Å². The first-order valence-corrected chi connectivity index (χ1v) is 25.4. The molecule has 7 rings (SSSR count).